The van der Waals surface area contributed by atoms with Crippen molar-refractivity contribution >= 4 is 6.09 Å². The third-order valence-corrected chi connectivity index (χ3v) is 3.82. The molecule has 1 heterocycles. The van der Waals surface area contributed by atoms with Gasteiger partial charge in [0.15, 0.2) is 0 Å². The number of nitrogens with two attached hydrogens (primary N) is 1. The third-order valence-electron chi connectivity index (χ3n) is 3.82. The first kappa shape index (κ1) is 16.7. The molecule has 1 amide bonds. The summed E-state index contributed by atoms with van der Waals surface area (Å²) in [5.41, 5.74) is 6.56. The molecule has 6 nitrogen and oxygen atoms in total. The molecule has 1 fully saturated rings. The fourth-order valence-corrected chi connectivity index (χ4v) is 2.51. The predicted octanol–water partition coefficient (Wildman–Crippen LogP) is 0.489. The summed E-state index contributed by atoms with van der Waals surface area (Å²) in [4.78, 5) is 16.3. The van der Waals surface area contributed by atoms with E-state index in [0.717, 1.165) is 51.4 Å². The summed E-state index contributed by atoms with van der Waals surface area (Å²) in [5, 5.41) is 2.80. The summed E-state index contributed by atoms with van der Waals surface area (Å²) in [5.74, 6) is 0. The van der Waals surface area contributed by atoms with Gasteiger partial charge in [-0.2, -0.15) is 0 Å². The molecule has 22 heavy (non-hydrogen) atoms. The van der Waals surface area contributed by atoms with Gasteiger partial charge in [-0.1, -0.05) is 30.3 Å². The highest BCUT2D eigenvalue weighted by Crippen LogP contribution is 2.01. The maximum atomic E-state index is 11.6. The Bertz CT molecular complexity index is 433. The number of hydrogen-bond donors (Lipinski definition) is 2. The Hall–Kier alpha value is -1.63. The van der Waals surface area contributed by atoms with Gasteiger partial charge in [0.1, 0.15) is 6.61 Å². The fourth-order valence-electron chi connectivity index (χ4n) is 2.51. The number of carbonyl (C=O) groups is 1. The Morgan fingerprint density at radius 3 is 2.36 bits per heavy atom. The van der Waals surface area contributed by atoms with Crippen LogP contribution < -0.4 is 11.1 Å². The molecule has 0 aromatic heterocycles. The van der Waals surface area contributed by atoms with Gasteiger partial charge in [-0.05, 0) is 5.56 Å². The first-order valence-corrected chi connectivity index (χ1v) is 7.87. The normalized spacial score (nSPS) is 16.4. The second-order valence-corrected chi connectivity index (χ2v) is 5.46. The van der Waals surface area contributed by atoms with Crippen molar-refractivity contribution in [2.75, 3.05) is 52.4 Å². The number of hydrogen-bond acceptors (Lipinski definition) is 5. The molecule has 122 valence electrons. The lowest BCUT2D eigenvalue weighted by Gasteiger charge is -2.34. The summed E-state index contributed by atoms with van der Waals surface area (Å²) in [6.45, 7) is 7.63. The molecular weight excluding hydrogens is 280 g/mol. The van der Waals surface area contributed by atoms with Crippen molar-refractivity contribution in [2.45, 2.75) is 6.61 Å². The molecule has 1 aromatic rings. The van der Waals surface area contributed by atoms with Crippen LogP contribution in [-0.4, -0.2) is 68.3 Å². The highest BCUT2D eigenvalue weighted by molar-refractivity contribution is 5.67. The van der Waals surface area contributed by atoms with E-state index in [-0.39, 0.29) is 6.09 Å². The van der Waals surface area contributed by atoms with Crippen LogP contribution in [0.2, 0.25) is 0 Å². The number of benzene rings is 1. The van der Waals surface area contributed by atoms with Crippen molar-refractivity contribution < 1.29 is 9.53 Å². The quantitative estimate of drug-likeness (QED) is 0.767. The Morgan fingerprint density at radius 1 is 1.09 bits per heavy atom. The van der Waals surface area contributed by atoms with E-state index in [0.29, 0.717) is 13.2 Å². The zero-order valence-corrected chi connectivity index (χ0v) is 13.0. The summed E-state index contributed by atoms with van der Waals surface area (Å²) < 4.78 is 5.18. The molecule has 0 radical (unpaired) electrons. The number of alkyl carbamates (subject to hydrolysis) is 1. The zero-order chi connectivity index (χ0) is 15.6. The predicted molar refractivity (Wildman–Crippen MR) is 86.6 cm³/mol. The number of rotatable bonds is 7. The maximum absolute atomic E-state index is 11.6. The number of amides is 1. The van der Waals surface area contributed by atoms with Crippen LogP contribution in [0.3, 0.4) is 0 Å². The highest BCUT2D eigenvalue weighted by atomic mass is 16.5. The van der Waals surface area contributed by atoms with Crippen molar-refractivity contribution in [1.29, 1.82) is 0 Å². The van der Waals surface area contributed by atoms with Gasteiger partial charge in [-0.15, -0.1) is 0 Å². The van der Waals surface area contributed by atoms with Crippen LogP contribution in [0.1, 0.15) is 5.56 Å². The average Bonchev–Trinajstić information content (AvgIpc) is 2.56. The van der Waals surface area contributed by atoms with Crippen LogP contribution in [0, 0.1) is 0 Å². The van der Waals surface area contributed by atoms with E-state index in [2.05, 4.69) is 15.1 Å². The number of piperazine rings is 1. The molecule has 0 spiro atoms. The largest absolute Gasteiger partial charge is 0.445 e. The van der Waals surface area contributed by atoms with Crippen LogP contribution in [0.15, 0.2) is 30.3 Å². The topological polar surface area (TPSA) is 70.8 Å². The Balaban J connectivity index is 1.54. The van der Waals surface area contributed by atoms with Gasteiger partial charge < -0.3 is 15.8 Å². The minimum atomic E-state index is -0.356. The van der Waals surface area contributed by atoms with E-state index < -0.39 is 0 Å². The average molecular weight is 306 g/mol. The van der Waals surface area contributed by atoms with Crippen LogP contribution in [0.25, 0.3) is 0 Å². The molecule has 1 aliphatic heterocycles. The van der Waals surface area contributed by atoms with E-state index in [1.807, 2.05) is 30.3 Å². The maximum Gasteiger partial charge on any atom is 0.407 e. The molecule has 1 aromatic carbocycles. The minimum absolute atomic E-state index is 0.310. The van der Waals surface area contributed by atoms with E-state index in [4.69, 9.17) is 10.5 Å². The Labute approximate surface area is 132 Å². The fraction of sp³-hybridized carbons (Fsp3) is 0.562. The standard InChI is InChI=1S/C16H26N4O2/c17-6-8-19-10-12-20(13-11-19)9-7-18-16(21)22-14-15-4-2-1-3-5-15/h1-5H,6-14,17H2,(H,18,21). The number of nitrogens with one attached hydrogen (secondary N) is 1. The van der Waals surface area contributed by atoms with E-state index in [1.165, 1.54) is 0 Å². The summed E-state index contributed by atoms with van der Waals surface area (Å²) >= 11 is 0. The van der Waals surface area contributed by atoms with Gasteiger partial charge in [-0.3, -0.25) is 9.80 Å². The zero-order valence-electron chi connectivity index (χ0n) is 13.0. The van der Waals surface area contributed by atoms with Crippen LogP contribution in [-0.2, 0) is 11.3 Å². The van der Waals surface area contributed by atoms with Crippen LogP contribution >= 0.6 is 0 Å². The monoisotopic (exact) mass is 306 g/mol. The molecule has 0 bridgehead atoms. The Kier molecular flexibility index (Phi) is 7.15. The summed E-state index contributed by atoms with van der Waals surface area (Å²) in [6.07, 6.45) is -0.356. The lowest BCUT2D eigenvalue weighted by Crippen LogP contribution is -2.49. The first-order chi connectivity index (χ1) is 10.8. The molecule has 3 N–H and O–H groups in total. The lowest BCUT2D eigenvalue weighted by molar-refractivity contribution is 0.125. The molecule has 2 rings (SSSR count). The highest BCUT2D eigenvalue weighted by Gasteiger charge is 2.15. The second kappa shape index (κ2) is 9.40. The van der Waals surface area contributed by atoms with Gasteiger partial charge in [-0.25, -0.2) is 4.79 Å². The van der Waals surface area contributed by atoms with E-state index in [9.17, 15) is 4.79 Å². The molecule has 0 saturated carbocycles. The molecule has 1 saturated heterocycles. The van der Waals surface area contributed by atoms with Gasteiger partial charge in [0.25, 0.3) is 0 Å². The lowest BCUT2D eigenvalue weighted by atomic mass is 10.2. The SMILES string of the molecule is NCCN1CCN(CCNC(=O)OCc2ccccc2)CC1. The second-order valence-electron chi connectivity index (χ2n) is 5.46. The van der Waals surface area contributed by atoms with Crippen molar-refractivity contribution in [2.24, 2.45) is 5.73 Å². The van der Waals surface area contributed by atoms with Gasteiger partial charge in [0.05, 0.1) is 0 Å². The molecule has 0 aliphatic carbocycles. The van der Waals surface area contributed by atoms with Crippen LogP contribution in [0.5, 0.6) is 0 Å². The summed E-state index contributed by atoms with van der Waals surface area (Å²) in [7, 11) is 0. The van der Waals surface area contributed by atoms with E-state index >= 15 is 0 Å². The van der Waals surface area contributed by atoms with Crippen molar-refractivity contribution in [1.82, 2.24) is 15.1 Å². The van der Waals surface area contributed by atoms with Gasteiger partial charge in [0, 0.05) is 52.4 Å². The van der Waals surface area contributed by atoms with Gasteiger partial charge in [0.2, 0.25) is 0 Å². The molecule has 0 atom stereocenters. The molecule has 0 unspecified atom stereocenters. The number of carbonyl (C=O) groups excluding carboxylic acids is 1. The van der Waals surface area contributed by atoms with E-state index in [1.54, 1.807) is 0 Å². The Morgan fingerprint density at radius 2 is 1.73 bits per heavy atom. The summed E-state index contributed by atoms with van der Waals surface area (Å²) in [6, 6.07) is 9.68. The van der Waals surface area contributed by atoms with Crippen molar-refractivity contribution in [3.8, 4) is 0 Å². The number of nitrogens with zero attached hydrogens (tertiary/aromatic N) is 2. The smallest absolute Gasteiger partial charge is 0.407 e. The van der Waals surface area contributed by atoms with Crippen molar-refractivity contribution in [3.63, 3.8) is 0 Å². The third kappa shape index (κ3) is 6.01. The number of ether oxygens (including phenoxy) is 1. The van der Waals surface area contributed by atoms with Crippen molar-refractivity contribution in [3.05, 3.63) is 35.9 Å². The minimum Gasteiger partial charge on any atom is -0.445 e. The molecule has 6 heteroatoms. The first-order valence-electron chi connectivity index (χ1n) is 7.87. The molecule has 1 aliphatic rings. The van der Waals surface area contributed by atoms with Crippen LogP contribution in [0.4, 0.5) is 4.79 Å². The molecular formula is C16H26N4O2. The van der Waals surface area contributed by atoms with Gasteiger partial charge >= 0.3 is 6.09 Å².